The van der Waals surface area contributed by atoms with Crippen LogP contribution in [0, 0.1) is 5.82 Å². The number of rotatable bonds is 2. The molecule has 0 aliphatic heterocycles. The van der Waals surface area contributed by atoms with Crippen molar-refractivity contribution >= 4 is 15.9 Å². The highest BCUT2D eigenvalue weighted by atomic mass is 79.9. The van der Waals surface area contributed by atoms with Crippen LogP contribution in [-0.2, 0) is 0 Å². The third-order valence-electron chi connectivity index (χ3n) is 2.75. The lowest BCUT2D eigenvalue weighted by Gasteiger charge is -1.99. The van der Waals surface area contributed by atoms with Crippen LogP contribution in [0.15, 0.2) is 51.5 Å². The molecule has 20 heavy (non-hydrogen) atoms. The molecular formula is C14H8BrFN2O2. The fourth-order valence-electron chi connectivity index (χ4n) is 1.80. The zero-order chi connectivity index (χ0) is 14.1. The van der Waals surface area contributed by atoms with Crippen LogP contribution in [0.4, 0.5) is 4.39 Å². The first kappa shape index (κ1) is 12.8. The van der Waals surface area contributed by atoms with Crippen molar-refractivity contribution in [2.45, 2.75) is 0 Å². The van der Waals surface area contributed by atoms with Gasteiger partial charge >= 0.3 is 0 Å². The van der Waals surface area contributed by atoms with Crippen molar-refractivity contribution in [1.82, 2.24) is 10.1 Å². The molecule has 0 atom stereocenters. The van der Waals surface area contributed by atoms with Gasteiger partial charge in [-0.2, -0.15) is 4.98 Å². The molecule has 0 saturated carbocycles. The van der Waals surface area contributed by atoms with Crippen LogP contribution in [0.25, 0.3) is 22.8 Å². The summed E-state index contributed by atoms with van der Waals surface area (Å²) in [4.78, 5) is 4.13. The number of benzene rings is 2. The van der Waals surface area contributed by atoms with Crippen LogP contribution in [0.3, 0.4) is 0 Å². The highest BCUT2D eigenvalue weighted by Gasteiger charge is 2.18. The predicted octanol–water partition coefficient (Wildman–Crippen LogP) is 4.01. The van der Waals surface area contributed by atoms with E-state index in [2.05, 4.69) is 26.1 Å². The summed E-state index contributed by atoms with van der Waals surface area (Å²) in [5.74, 6) is -0.610. The normalized spacial score (nSPS) is 10.7. The molecule has 6 heteroatoms. The minimum Gasteiger partial charge on any atom is -0.507 e. The van der Waals surface area contributed by atoms with Gasteiger partial charge in [0.2, 0.25) is 5.82 Å². The summed E-state index contributed by atoms with van der Waals surface area (Å²) in [6.45, 7) is 0. The maximum Gasteiger partial charge on any atom is 0.265 e. The van der Waals surface area contributed by atoms with E-state index in [0.29, 0.717) is 5.82 Å². The highest BCUT2D eigenvalue weighted by Crippen LogP contribution is 2.33. The van der Waals surface area contributed by atoms with Crippen LogP contribution >= 0.6 is 15.9 Å². The average Bonchev–Trinajstić information content (AvgIpc) is 2.88. The molecule has 1 aromatic heterocycles. The topological polar surface area (TPSA) is 59.2 Å². The maximum atomic E-state index is 13.7. The van der Waals surface area contributed by atoms with Crippen LogP contribution < -0.4 is 0 Å². The van der Waals surface area contributed by atoms with E-state index in [1.165, 1.54) is 18.2 Å². The number of phenolic OH excluding ortho intramolecular Hbond substituents is 1. The van der Waals surface area contributed by atoms with E-state index >= 15 is 0 Å². The highest BCUT2D eigenvalue weighted by molar-refractivity contribution is 9.10. The number of aromatic hydroxyl groups is 1. The Labute approximate surface area is 122 Å². The second kappa shape index (κ2) is 5.05. The van der Waals surface area contributed by atoms with Crippen molar-refractivity contribution in [3.8, 4) is 28.6 Å². The number of hydrogen-bond donors (Lipinski definition) is 1. The first-order valence-corrected chi connectivity index (χ1v) is 6.52. The molecule has 0 unspecified atom stereocenters. The van der Waals surface area contributed by atoms with Crippen molar-refractivity contribution in [3.63, 3.8) is 0 Å². The second-order valence-corrected chi connectivity index (χ2v) is 4.89. The fraction of sp³-hybridized carbons (Fsp3) is 0. The Morgan fingerprint density at radius 1 is 1.10 bits per heavy atom. The molecule has 2 aromatic carbocycles. The van der Waals surface area contributed by atoms with Gasteiger partial charge in [-0.3, -0.25) is 0 Å². The Kier molecular flexibility index (Phi) is 3.23. The van der Waals surface area contributed by atoms with Crippen LogP contribution in [0.5, 0.6) is 5.75 Å². The molecule has 3 rings (SSSR count). The monoisotopic (exact) mass is 334 g/mol. The smallest absolute Gasteiger partial charge is 0.265 e. The molecule has 0 spiro atoms. The van der Waals surface area contributed by atoms with Crippen LogP contribution in [0.1, 0.15) is 0 Å². The molecule has 4 nitrogen and oxygen atoms in total. The number of aromatic nitrogens is 2. The molecular weight excluding hydrogens is 327 g/mol. The molecule has 0 bridgehead atoms. The molecule has 0 radical (unpaired) electrons. The second-order valence-electron chi connectivity index (χ2n) is 4.04. The van der Waals surface area contributed by atoms with Crippen molar-refractivity contribution in [2.24, 2.45) is 0 Å². The van der Waals surface area contributed by atoms with Crippen LogP contribution in [-0.4, -0.2) is 15.2 Å². The van der Waals surface area contributed by atoms with E-state index in [1.54, 1.807) is 6.07 Å². The molecule has 3 aromatic rings. The van der Waals surface area contributed by atoms with Gasteiger partial charge in [-0.05, 0) is 24.3 Å². The third-order valence-corrected chi connectivity index (χ3v) is 3.44. The molecule has 1 heterocycles. The van der Waals surface area contributed by atoms with Crippen molar-refractivity contribution in [1.29, 1.82) is 0 Å². The summed E-state index contributed by atoms with van der Waals surface area (Å²) in [7, 11) is 0. The number of nitrogens with zero attached hydrogens (tertiary/aromatic N) is 2. The van der Waals surface area contributed by atoms with Crippen LogP contribution in [0.2, 0.25) is 0 Å². The maximum absolute atomic E-state index is 13.7. The lowest BCUT2D eigenvalue weighted by atomic mass is 10.2. The summed E-state index contributed by atoms with van der Waals surface area (Å²) < 4.78 is 19.6. The summed E-state index contributed by atoms with van der Waals surface area (Å²) >= 11 is 3.38. The van der Waals surface area contributed by atoms with Gasteiger partial charge in [-0.25, -0.2) is 4.39 Å². The van der Waals surface area contributed by atoms with E-state index in [0.717, 1.165) is 10.0 Å². The molecule has 0 saturated heterocycles. The summed E-state index contributed by atoms with van der Waals surface area (Å²) in [5, 5.41) is 13.5. The van der Waals surface area contributed by atoms with E-state index in [4.69, 9.17) is 4.52 Å². The minimum absolute atomic E-state index is 0.0636. The first-order chi connectivity index (χ1) is 9.66. The molecule has 100 valence electrons. The van der Waals surface area contributed by atoms with Gasteiger partial charge in [-0.1, -0.05) is 39.3 Å². The van der Waals surface area contributed by atoms with Crippen molar-refractivity contribution in [3.05, 3.63) is 52.8 Å². The average molecular weight is 335 g/mol. The lowest BCUT2D eigenvalue weighted by Crippen LogP contribution is -1.86. The molecule has 0 fully saturated rings. The van der Waals surface area contributed by atoms with Gasteiger partial charge in [0.15, 0.2) is 0 Å². The summed E-state index contributed by atoms with van der Waals surface area (Å²) in [5.41, 5.74) is 0.622. The number of phenols is 1. The Morgan fingerprint density at radius 2 is 1.90 bits per heavy atom. The Hall–Kier alpha value is -2.21. The zero-order valence-corrected chi connectivity index (χ0v) is 11.6. The van der Waals surface area contributed by atoms with E-state index in [9.17, 15) is 9.50 Å². The Morgan fingerprint density at radius 3 is 2.65 bits per heavy atom. The first-order valence-electron chi connectivity index (χ1n) is 5.73. The van der Waals surface area contributed by atoms with Gasteiger partial charge in [0, 0.05) is 10.0 Å². The van der Waals surface area contributed by atoms with Gasteiger partial charge in [0.1, 0.15) is 17.1 Å². The van der Waals surface area contributed by atoms with Gasteiger partial charge < -0.3 is 9.63 Å². The van der Waals surface area contributed by atoms with Gasteiger partial charge in [0.25, 0.3) is 5.89 Å². The van der Waals surface area contributed by atoms with E-state index < -0.39 is 5.82 Å². The molecule has 0 amide bonds. The lowest BCUT2D eigenvalue weighted by molar-refractivity contribution is 0.421. The number of halogens is 2. The van der Waals surface area contributed by atoms with Crippen molar-refractivity contribution < 1.29 is 14.0 Å². The summed E-state index contributed by atoms with van der Waals surface area (Å²) in [6, 6.07) is 11.3. The quantitative estimate of drug-likeness (QED) is 0.769. The molecule has 0 aliphatic carbocycles. The van der Waals surface area contributed by atoms with Gasteiger partial charge in [-0.15, -0.1) is 0 Å². The Bertz CT molecular complexity index is 753. The fourth-order valence-corrected chi connectivity index (χ4v) is 2.26. The zero-order valence-electron chi connectivity index (χ0n) is 10.0. The Balaban J connectivity index is 2.10. The SMILES string of the molecule is Oc1cccc(F)c1-c1nc(-c2ccccc2Br)no1. The van der Waals surface area contributed by atoms with Crippen molar-refractivity contribution in [2.75, 3.05) is 0 Å². The predicted molar refractivity (Wildman–Crippen MR) is 74.5 cm³/mol. The largest absolute Gasteiger partial charge is 0.507 e. The van der Waals surface area contributed by atoms with E-state index in [-0.39, 0.29) is 17.2 Å². The van der Waals surface area contributed by atoms with E-state index in [1.807, 2.05) is 18.2 Å². The third kappa shape index (κ3) is 2.18. The molecule has 0 aliphatic rings. The summed E-state index contributed by atoms with van der Waals surface area (Å²) in [6.07, 6.45) is 0. The molecule has 1 N–H and O–H groups in total. The minimum atomic E-state index is -0.618. The standard InChI is InChI=1S/C14H8BrFN2O2/c15-9-5-2-1-4-8(9)13-17-14(20-18-13)12-10(16)6-3-7-11(12)19/h1-7,19H. The number of hydrogen-bond acceptors (Lipinski definition) is 4. The van der Waals surface area contributed by atoms with Gasteiger partial charge in [0.05, 0.1) is 0 Å².